The van der Waals surface area contributed by atoms with Crippen molar-refractivity contribution in [1.29, 1.82) is 0 Å². The molecule has 0 fully saturated rings. The van der Waals surface area contributed by atoms with Crippen molar-refractivity contribution in [2.24, 2.45) is 7.05 Å². The summed E-state index contributed by atoms with van der Waals surface area (Å²) in [6.07, 6.45) is 5.30. The molecule has 0 aliphatic heterocycles. The lowest BCUT2D eigenvalue weighted by Crippen LogP contribution is -1.96. The predicted molar refractivity (Wildman–Crippen MR) is 55.6 cm³/mol. The van der Waals surface area contributed by atoms with E-state index in [0.29, 0.717) is 5.69 Å². The maximum Gasteiger partial charge on any atom is 0.335 e. The highest BCUT2D eigenvalue weighted by molar-refractivity contribution is 5.88. The van der Waals surface area contributed by atoms with Crippen LogP contribution in [0.1, 0.15) is 10.4 Å². The van der Waals surface area contributed by atoms with E-state index in [-0.39, 0.29) is 5.56 Å². The van der Waals surface area contributed by atoms with Crippen LogP contribution in [-0.4, -0.2) is 20.6 Å². The fourth-order valence-electron chi connectivity index (χ4n) is 1.38. The van der Waals surface area contributed by atoms with Crippen molar-refractivity contribution in [2.75, 3.05) is 0 Å². The van der Waals surface area contributed by atoms with E-state index < -0.39 is 5.97 Å². The molecule has 0 aliphatic rings. The first-order valence-electron chi connectivity index (χ1n) is 4.48. The Morgan fingerprint density at radius 1 is 1.47 bits per heavy atom. The lowest BCUT2D eigenvalue weighted by molar-refractivity contribution is 0.0697. The van der Waals surface area contributed by atoms with Gasteiger partial charge in [0.2, 0.25) is 0 Å². The molecule has 2 aromatic rings. The summed E-state index contributed by atoms with van der Waals surface area (Å²) in [6, 6.07) is 4.94. The minimum atomic E-state index is -0.936. The molecule has 0 saturated heterocycles. The number of aryl methyl sites for hydroxylation is 1. The zero-order valence-electron chi connectivity index (χ0n) is 8.21. The van der Waals surface area contributed by atoms with Crippen LogP contribution in [-0.2, 0) is 7.05 Å². The van der Waals surface area contributed by atoms with Crippen LogP contribution in [0.2, 0.25) is 0 Å². The average molecular weight is 202 g/mol. The van der Waals surface area contributed by atoms with Gasteiger partial charge in [0.25, 0.3) is 0 Å². The second kappa shape index (κ2) is 3.57. The molecule has 4 heteroatoms. The zero-order valence-corrected chi connectivity index (χ0v) is 8.21. The van der Waals surface area contributed by atoms with E-state index in [0.717, 1.165) is 5.56 Å². The van der Waals surface area contributed by atoms with Gasteiger partial charge in [-0.1, -0.05) is 0 Å². The van der Waals surface area contributed by atoms with E-state index in [9.17, 15) is 4.79 Å². The van der Waals surface area contributed by atoms with E-state index in [2.05, 4.69) is 4.98 Å². The molecule has 0 amide bonds. The first-order chi connectivity index (χ1) is 7.16. The summed E-state index contributed by atoms with van der Waals surface area (Å²) in [5.74, 6) is -0.936. The smallest absolute Gasteiger partial charge is 0.335 e. The Bertz CT molecular complexity index is 503. The maximum atomic E-state index is 10.8. The molecule has 0 aliphatic carbocycles. The SMILES string of the molecule is Cn1ccc(-c2cc(C(=O)O)ccn2)c1. The molecule has 0 bridgehead atoms. The summed E-state index contributed by atoms with van der Waals surface area (Å²) < 4.78 is 1.89. The van der Waals surface area contributed by atoms with Crippen LogP contribution in [0, 0.1) is 0 Å². The third-order valence-corrected chi connectivity index (χ3v) is 2.13. The number of pyridine rings is 1. The van der Waals surface area contributed by atoms with Crippen molar-refractivity contribution in [1.82, 2.24) is 9.55 Å². The zero-order chi connectivity index (χ0) is 10.8. The Balaban J connectivity index is 2.45. The summed E-state index contributed by atoms with van der Waals surface area (Å²) in [6.45, 7) is 0. The fourth-order valence-corrected chi connectivity index (χ4v) is 1.38. The molecule has 0 saturated carbocycles. The Labute approximate surface area is 86.8 Å². The van der Waals surface area contributed by atoms with Gasteiger partial charge in [-0.25, -0.2) is 4.79 Å². The summed E-state index contributed by atoms with van der Waals surface area (Å²) in [7, 11) is 1.91. The van der Waals surface area contributed by atoms with Gasteiger partial charge >= 0.3 is 5.97 Å². The van der Waals surface area contributed by atoms with Gasteiger partial charge in [0, 0.05) is 31.2 Å². The number of nitrogens with zero attached hydrogens (tertiary/aromatic N) is 2. The number of hydrogen-bond acceptors (Lipinski definition) is 2. The number of carboxylic acids is 1. The van der Waals surface area contributed by atoms with Gasteiger partial charge in [-0.15, -0.1) is 0 Å². The number of carbonyl (C=O) groups is 1. The molecule has 0 radical (unpaired) electrons. The highest BCUT2D eigenvalue weighted by atomic mass is 16.4. The minimum absolute atomic E-state index is 0.254. The molecule has 2 rings (SSSR count). The van der Waals surface area contributed by atoms with E-state index in [1.54, 1.807) is 6.07 Å². The topological polar surface area (TPSA) is 55.1 Å². The summed E-state index contributed by atoms with van der Waals surface area (Å²) >= 11 is 0. The fraction of sp³-hybridized carbons (Fsp3) is 0.0909. The highest BCUT2D eigenvalue weighted by Gasteiger charge is 2.06. The molecule has 2 heterocycles. The van der Waals surface area contributed by atoms with Crippen LogP contribution in [0.25, 0.3) is 11.3 Å². The molecule has 15 heavy (non-hydrogen) atoms. The number of hydrogen-bond donors (Lipinski definition) is 1. The number of aromatic carboxylic acids is 1. The van der Waals surface area contributed by atoms with Crippen LogP contribution in [0.15, 0.2) is 36.8 Å². The summed E-state index contributed by atoms with van der Waals surface area (Å²) in [5, 5.41) is 8.83. The quantitative estimate of drug-likeness (QED) is 0.807. The molecule has 0 spiro atoms. The van der Waals surface area contributed by atoms with Crippen LogP contribution >= 0.6 is 0 Å². The number of aromatic nitrogens is 2. The van der Waals surface area contributed by atoms with Gasteiger partial charge < -0.3 is 9.67 Å². The van der Waals surface area contributed by atoms with Crippen LogP contribution in [0.3, 0.4) is 0 Å². The van der Waals surface area contributed by atoms with Gasteiger partial charge in [0.15, 0.2) is 0 Å². The Hall–Kier alpha value is -2.10. The van der Waals surface area contributed by atoms with Crippen molar-refractivity contribution >= 4 is 5.97 Å². The van der Waals surface area contributed by atoms with Crippen molar-refractivity contribution in [3.63, 3.8) is 0 Å². The first-order valence-corrected chi connectivity index (χ1v) is 4.48. The Kier molecular flexibility index (Phi) is 2.25. The minimum Gasteiger partial charge on any atom is -0.478 e. The first kappa shape index (κ1) is 9.45. The Morgan fingerprint density at radius 3 is 2.87 bits per heavy atom. The molecular weight excluding hydrogens is 192 g/mol. The number of rotatable bonds is 2. The summed E-state index contributed by atoms with van der Waals surface area (Å²) in [5.41, 5.74) is 1.85. The average Bonchev–Trinajstić information content (AvgIpc) is 2.65. The van der Waals surface area contributed by atoms with Gasteiger partial charge in [0.1, 0.15) is 0 Å². The van der Waals surface area contributed by atoms with Crippen molar-refractivity contribution in [3.05, 3.63) is 42.4 Å². The van der Waals surface area contributed by atoms with Gasteiger partial charge in [-0.3, -0.25) is 4.98 Å². The van der Waals surface area contributed by atoms with Crippen molar-refractivity contribution in [3.8, 4) is 11.3 Å². The van der Waals surface area contributed by atoms with Crippen molar-refractivity contribution in [2.45, 2.75) is 0 Å². The predicted octanol–water partition coefficient (Wildman–Crippen LogP) is 1.79. The third-order valence-electron chi connectivity index (χ3n) is 2.13. The lowest BCUT2D eigenvalue weighted by Gasteiger charge is -1.98. The van der Waals surface area contributed by atoms with Crippen LogP contribution in [0.5, 0.6) is 0 Å². The van der Waals surface area contributed by atoms with E-state index >= 15 is 0 Å². The summed E-state index contributed by atoms with van der Waals surface area (Å²) in [4.78, 5) is 14.9. The van der Waals surface area contributed by atoms with Crippen LogP contribution < -0.4 is 0 Å². The van der Waals surface area contributed by atoms with E-state index in [1.165, 1.54) is 12.3 Å². The lowest BCUT2D eigenvalue weighted by atomic mass is 10.1. The van der Waals surface area contributed by atoms with Gasteiger partial charge in [-0.2, -0.15) is 0 Å². The van der Waals surface area contributed by atoms with E-state index in [1.807, 2.05) is 30.1 Å². The number of carboxylic acid groups (broad SMARTS) is 1. The molecule has 2 aromatic heterocycles. The maximum absolute atomic E-state index is 10.8. The molecule has 1 N–H and O–H groups in total. The highest BCUT2D eigenvalue weighted by Crippen LogP contribution is 2.17. The normalized spacial score (nSPS) is 10.2. The molecular formula is C11H10N2O2. The molecule has 76 valence electrons. The molecule has 0 aromatic carbocycles. The molecule has 0 atom stereocenters. The van der Waals surface area contributed by atoms with E-state index in [4.69, 9.17) is 5.11 Å². The van der Waals surface area contributed by atoms with Gasteiger partial charge in [-0.05, 0) is 18.2 Å². The Morgan fingerprint density at radius 2 is 2.27 bits per heavy atom. The van der Waals surface area contributed by atoms with Crippen molar-refractivity contribution < 1.29 is 9.90 Å². The second-order valence-electron chi connectivity index (χ2n) is 3.30. The van der Waals surface area contributed by atoms with Gasteiger partial charge in [0.05, 0.1) is 11.3 Å². The molecule has 4 nitrogen and oxygen atoms in total. The largest absolute Gasteiger partial charge is 0.478 e. The van der Waals surface area contributed by atoms with Crippen LogP contribution in [0.4, 0.5) is 0 Å². The second-order valence-corrected chi connectivity index (χ2v) is 3.30. The monoisotopic (exact) mass is 202 g/mol. The molecule has 0 unspecified atom stereocenters. The third kappa shape index (κ3) is 1.88. The standard InChI is InChI=1S/C11H10N2O2/c1-13-5-3-9(7-13)10-6-8(11(14)15)2-4-12-10/h2-7H,1H3,(H,14,15).